The van der Waals surface area contributed by atoms with Gasteiger partial charge in [0, 0.05) is 36.7 Å². The Hall–Kier alpha value is -0.950. The molecule has 0 bridgehead atoms. The van der Waals surface area contributed by atoms with Crippen LogP contribution in [-0.2, 0) is 9.59 Å². The van der Waals surface area contributed by atoms with Crippen molar-refractivity contribution in [3.05, 3.63) is 5.82 Å². The number of nitrogens with zero attached hydrogens (tertiary/aromatic N) is 3. The van der Waals surface area contributed by atoms with E-state index in [2.05, 4.69) is 9.36 Å². The first-order valence-corrected chi connectivity index (χ1v) is 6.49. The lowest BCUT2D eigenvalue weighted by molar-refractivity contribution is -0.117. The second-order valence-corrected chi connectivity index (χ2v) is 5.77. The fourth-order valence-electron chi connectivity index (χ4n) is 1.57. The van der Waals surface area contributed by atoms with Gasteiger partial charge in [-0.2, -0.15) is 4.37 Å². The maximum absolute atomic E-state index is 11.7. The van der Waals surface area contributed by atoms with E-state index in [1.165, 1.54) is 30.2 Å². The van der Waals surface area contributed by atoms with Crippen LogP contribution in [0.3, 0.4) is 0 Å². The Morgan fingerprint density at radius 3 is 2.94 bits per heavy atom. The summed E-state index contributed by atoms with van der Waals surface area (Å²) in [6.45, 7) is 3.87. The van der Waals surface area contributed by atoms with Gasteiger partial charge in [-0.1, -0.05) is 11.8 Å². The van der Waals surface area contributed by atoms with Crippen molar-refractivity contribution in [2.75, 3.05) is 11.4 Å². The van der Waals surface area contributed by atoms with E-state index in [0.29, 0.717) is 23.9 Å². The number of hydrogen-bond donors (Lipinski definition) is 0. The van der Waals surface area contributed by atoms with E-state index < -0.39 is 0 Å². The first-order valence-electron chi connectivity index (χ1n) is 4.84. The molecule has 1 aliphatic rings. The van der Waals surface area contributed by atoms with Crippen molar-refractivity contribution in [1.29, 1.82) is 0 Å². The van der Waals surface area contributed by atoms with Gasteiger partial charge in [0.15, 0.2) is 5.12 Å². The molecular weight excluding hydrogens is 246 g/mol. The first kappa shape index (κ1) is 11.5. The van der Waals surface area contributed by atoms with Crippen molar-refractivity contribution in [3.63, 3.8) is 0 Å². The summed E-state index contributed by atoms with van der Waals surface area (Å²) in [6.07, 6.45) is 0.406. The van der Waals surface area contributed by atoms with E-state index in [0.717, 1.165) is 0 Å². The summed E-state index contributed by atoms with van der Waals surface area (Å²) in [7, 11) is 0. The van der Waals surface area contributed by atoms with E-state index in [9.17, 15) is 9.59 Å². The third-order valence-electron chi connectivity index (χ3n) is 2.17. The molecule has 86 valence electrons. The Bertz CT molecular complexity index is 432. The van der Waals surface area contributed by atoms with Crippen molar-refractivity contribution < 1.29 is 9.59 Å². The van der Waals surface area contributed by atoms with Crippen LogP contribution in [0, 0.1) is 6.92 Å². The normalized spacial score (nSPS) is 20.5. The van der Waals surface area contributed by atoms with Crippen LogP contribution in [0.15, 0.2) is 0 Å². The average molecular weight is 257 g/mol. The zero-order valence-corrected chi connectivity index (χ0v) is 10.6. The highest BCUT2D eigenvalue weighted by atomic mass is 32.2. The molecule has 1 fully saturated rings. The van der Waals surface area contributed by atoms with Gasteiger partial charge in [-0.15, -0.1) is 0 Å². The van der Waals surface area contributed by atoms with E-state index in [1.807, 2.05) is 0 Å². The molecule has 1 unspecified atom stereocenters. The Morgan fingerprint density at radius 1 is 1.62 bits per heavy atom. The van der Waals surface area contributed by atoms with Gasteiger partial charge in [0.25, 0.3) is 0 Å². The number of aromatic nitrogens is 2. The van der Waals surface area contributed by atoms with Crippen molar-refractivity contribution in [2.45, 2.75) is 25.5 Å². The zero-order chi connectivity index (χ0) is 11.7. The molecule has 2 heterocycles. The summed E-state index contributed by atoms with van der Waals surface area (Å²) < 4.78 is 4.04. The lowest BCUT2D eigenvalue weighted by Gasteiger charge is -2.11. The topological polar surface area (TPSA) is 63.2 Å². The fraction of sp³-hybridized carbons (Fsp3) is 0.556. The third kappa shape index (κ3) is 2.41. The number of thioether (sulfide) groups is 1. The molecule has 0 radical (unpaired) electrons. The van der Waals surface area contributed by atoms with E-state index in [4.69, 9.17) is 0 Å². The molecule has 0 aromatic carbocycles. The van der Waals surface area contributed by atoms with Crippen molar-refractivity contribution in [2.24, 2.45) is 0 Å². The maximum atomic E-state index is 11.7. The Morgan fingerprint density at radius 2 is 2.38 bits per heavy atom. The number of rotatable bonds is 2. The second-order valence-electron chi connectivity index (χ2n) is 3.56. The molecule has 16 heavy (non-hydrogen) atoms. The van der Waals surface area contributed by atoms with Gasteiger partial charge in [0.05, 0.1) is 0 Å². The van der Waals surface area contributed by atoms with Gasteiger partial charge >= 0.3 is 0 Å². The molecular formula is C9H11N3O2S2. The summed E-state index contributed by atoms with van der Waals surface area (Å²) in [4.78, 5) is 28.5. The van der Waals surface area contributed by atoms with Gasteiger partial charge in [0.2, 0.25) is 11.0 Å². The van der Waals surface area contributed by atoms with Gasteiger partial charge in [0.1, 0.15) is 5.82 Å². The Kier molecular flexibility index (Phi) is 3.25. The van der Waals surface area contributed by atoms with Gasteiger partial charge in [-0.25, -0.2) is 4.98 Å². The van der Waals surface area contributed by atoms with Crippen molar-refractivity contribution >= 4 is 39.4 Å². The van der Waals surface area contributed by atoms with Crippen molar-refractivity contribution in [3.8, 4) is 0 Å². The minimum absolute atomic E-state index is 0.0231. The molecule has 0 aliphatic carbocycles. The molecule has 7 heteroatoms. The van der Waals surface area contributed by atoms with Crippen LogP contribution < -0.4 is 4.90 Å². The van der Waals surface area contributed by atoms with E-state index in [1.54, 1.807) is 11.8 Å². The largest absolute Gasteiger partial charge is 0.288 e. The van der Waals surface area contributed by atoms with Crippen LogP contribution >= 0.6 is 23.3 Å². The minimum atomic E-state index is 0.0231. The molecule has 1 atom stereocenters. The molecule has 1 amide bonds. The number of aryl methyl sites for hydroxylation is 1. The summed E-state index contributed by atoms with van der Waals surface area (Å²) in [5, 5.41) is 0.733. The molecule has 0 N–H and O–H groups in total. The number of carbonyl (C=O) groups is 2. The highest BCUT2D eigenvalue weighted by molar-refractivity contribution is 8.14. The van der Waals surface area contributed by atoms with Crippen LogP contribution in [0.2, 0.25) is 0 Å². The molecule has 0 saturated carbocycles. The number of hydrogen-bond acceptors (Lipinski definition) is 6. The first-order chi connectivity index (χ1) is 7.56. The van der Waals surface area contributed by atoms with Gasteiger partial charge in [-0.3, -0.25) is 14.5 Å². The minimum Gasteiger partial charge on any atom is -0.288 e. The average Bonchev–Trinajstić information content (AvgIpc) is 2.72. The summed E-state index contributed by atoms with van der Waals surface area (Å²) in [5.74, 6) is 0.699. The molecule has 1 saturated heterocycles. The van der Waals surface area contributed by atoms with Gasteiger partial charge < -0.3 is 0 Å². The third-order valence-corrected chi connectivity index (χ3v) is 3.98. The Labute approximate surface area is 101 Å². The standard InChI is InChI=1S/C9H11N3O2S2/c1-5-10-9(16-11-5)12-4-7(3-8(12)14)15-6(2)13/h7H,3-4H2,1-2H3. The Balaban J connectivity index is 2.08. The molecule has 1 aliphatic heterocycles. The quantitative estimate of drug-likeness (QED) is 0.797. The van der Waals surface area contributed by atoms with Crippen LogP contribution in [0.5, 0.6) is 0 Å². The maximum Gasteiger partial charge on any atom is 0.230 e. The predicted molar refractivity (Wildman–Crippen MR) is 63.7 cm³/mol. The second kappa shape index (κ2) is 4.50. The molecule has 1 aromatic rings. The summed E-state index contributed by atoms with van der Waals surface area (Å²) in [5.41, 5.74) is 0. The number of amides is 1. The zero-order valence-electron chi connectivity index (χ0n) is 8.97. The lowest BCUT2D eigenvalue weighted by Crippen LogP contribution is -2.24. The van der Waals surface area contributed by atoms with Crippen LogP contribution in [0.4, 0.5) is 5.13 Å². The van der Waals surface area contributed by atoms with Gasteiger partial charge in [-0.05, 0) is 6.92 Å². The highest BCUT2D eigenvalue weighted by Crippen LogP contribution is 2.29. The van der Waals surface area contributed by atoms with E-state index in [-0.39, 0.29) is 16.3 Å². The van der Waals surface area contributed by atoms with Crippen LogP contribution in [0.25, 0.3) is 0 Å². The smallest absolute Gasteiger partial charge is 0.230 e. The predicted octanol–water partition coefficient (Wildman–Crippen LogP) is 1.23. The molecule has 0 spiro atoms. The summed E-state index contributed by atoms with van der Waals surface area (Å²) >= 11 is 2.45. The number of anilines is 1. The van der Waals surface area contributed by atoms with Crippen LogP contribution in [0.1, 0.15) is 19.2 Å². The monoisotopic (exact) mass is 257 g/mol. The SMILES string of the molecule is CC(=O)SC1CC(=O)N(c2nc(C)ns2)C1. The lowest BCUT2D eigenvalue weighted by atomic mass is 10.4. The van der Waals surface area contributed by atoms with Crippen LogP contribution in [-0.4, -0.2) is 32.2 Å². The highest BCUT2D eigenvalue weighted by Gasteiger charge is 2.33. The molecule has 1 aromatic heterocycles. The summed E-state index contributed by atoms with van der Waals surface area (Å²) in [6, 6.07) is 0. The molecule has 5 nitrogen and oxygen atoms in total. The molecule has 2 rings (SSSR count). The number of carbonyl (C=O) groups excluding carboxylic acids is 2. The van der Waals surface area contributed by atoms with E-state index >= 15 is 0 Å². The van der Waals surface area contributed by atoms with Crippen molar-refractivity contribution in [1.82, 2.24) is 9.36 Å². The fourth-order valence-corrected chi connectivity index (χ4v) is 3.19.